The lowest BCUT2D eigenvalue weighted by Gasteiger charge is -2.13. The topological polar surface area (TPSA) is 64.6 Å². The first-order chi connectivity index (χ1) is 10.6. The first-order valence-corrected chi connectivity index (χ1v) is 8.59. The van der Waals surface area contributed by atoms with Crippen LogP contribution in [0.3, 0.4) is 0 Å². The molecule has 1 heterocycles. The van der Waals surface area contributed by atoms with Gasteiger partial charge in [-0.15, -0.1) is 0 Å². The Labute approximate surface area is 129 Å². The predicted octanol–water partition coefficient (Wildman–Crippen LogP) is 3.17. The van der Waals surface area contributed by atoms with E-state index in [1.807, 2.05) is 13.0 Å². The summed E-state index contributed by atoms with van der Waals surface area (Å²) in [6.45, 7) is 2.13. The van der Waals surface area contributed by atoms with Gasteiger partial charge in [0, 0.05) is 11.8 Å². The van der Waals surface area contributed by atoms with Gasteiger partial charge in [-0.3, -0.25) is 4.72 Å². The highest BCUT2D eigenvalue weighted by atomic mass is 32.2. The van der Waals surface area contributed by atoms with Gasteiger partial charge < -0.3 is 9.47 Å². The van der Waals surface area contributed by atoms with Crippen LogP contribution in [0.25, 0.3) is 0 Å². The van der Waals surface area contributed by atoms with Gasteiger partial charge in [0.05, 0.1) is 4.90 Å². The zero-order valence-electron chi connectivity index (χ0n) is 12.2. The second-order valence-corrected chi connectivity index (χ2v) is 6.69. The first kappa shape index (κ1) is 14.7. The summed E-state index contributed by atoms with van der Waals surface area (Å²) >= 11 is 0. The monoisotopic (exact) mass is 319 g/mol. The van der Waals surface area contributed by atoms with Crippen molar-refractivity contribution in [3.8, 4) is 11.5 Å². The van der Waals surface area contributed by atoms with Crippen molar-refractivity contribution in [1.29, 1.82) is 0 Å². The number of aryl methyl sites for hydroxylation is 1. The third kappa shape index (κ3) is 2.87. The molecule has 0 radical (unpaired) electrons. The van der Waals surface area contributed by atoms with E-state index in [0.29, 0.717) is 23.6 Å². The summed E-state index contributed by atoms with van der Waals surface area (Å²) in [5.74, 6) is 1.07. The average molecular weight is 319 g/mol. The average Bonchev–Trinajstić information content (AvgIpc) is 2.94. The molecule has 0 bridgehead atoms. The molecule has 0 spiro atoms. The van der Waals surface area contributed by atoms with Gasteiger partial charge in [-0.1, -0.05) is 31.5 Å². The van der Waals surface area contributed by atoms with Gasteiger partial charge in [0.1, 0.15) is 0 Å². The van der Waals surface area contributed by atoms with Crippen molar-refractivity contribution in [1.82, 2.24) is 0 Å². The van der Waals surface area contributed by atoms with Crippen molar-refractivity contribution in [2.75, 3.05) is 11.5 Å². The van der Waals surface area contributed by atoms with Crippen molar-refractivity contribution in [2.45, 2.75) is 24.7 Å². The van der Waals surface area contributed by atoms with Crippen LogP contribution in [0.1, 0.15) is 18.9 Å². The van der Waals surface area contributed by atoms with Crippen molar-refractivity contribution in [2.24, 2.45) is 0 Å². The molecule has 0 aliphatic carbocycles. The van der Waals surface area contributed by atoms with Gasteiger partial charge in [0.25, 0.3) is 10.0 Å². The molecule has 1 aliphatic rings. The Morgan fingerprint density at radius 1 is 1.09 bits per heavy atom. The van der Waals surface area contributed by atoms with Crippen LogP contribution >= 0.6 is 0 Å². The van der Waals surface area contributed by atoms with Crippen molar-refractivity contribution >= 4 is 15.7 Å². The van der Waals surface area contributed by atoms with E-state index in [2.05, 4.69) is 4.72 Å². The lowest BCUT2D eigenvalue weighted by Crippen LogP contribution is -2.15. The molecule has 2 aromatic carbocycles. The Kier molecular flexibility index (Phi) is 3.94. The highest BCUT2D eigenvalue weighted by Gasteiger charge is 2.24. The molecule has 1 N–H and O–H groups in total. The molecule has 0 aromatic heterocycles. The number of rotatable bonds is 5. The van der Waals surface area contributed by atoms with Crippen LogP contribution in [0.2, 0.25) is 0 Å². The van der Waals surface area contributed by atoms with E-state index >= 15 is 0 Å². The van der Waals surface area contributed by atoms with Gasteiger partial charge in [-0.05, 0) is 30.2 Å². The van der Waals surface area contributed by atoms with Gasteiger partial charge >= 0.3 is 0 Å². The number of nitrogens with one attached hydrogen (secondary N) is 1. The zero-order chi connectivity index (χ0) is 15.6. The van der Waals surface area contributed by atoms with Crippen LogP contribution in [0.5, 0.6) is 11.5 Å². The quantitative estimate of drug-likeness (QED) is 0.919. The Morgan fingerprint density at radius 2 is 1.77 bits per heavy atom. The number of benzene rings is 2. The SMILES string of the molecule is CCCc1cc2c(cc1S(=O)(=O)Nc1ccccc1)OCO2. The highest BCUT2D eigenvalue weighted by molar-refractivity contribution is 7.92. The Bertz CT molecular complexity index is 772. The fourth-order valence-electron chi connectivity index (χ4n) is 2.40. The number of ether oxygens (including phenoxy) is 2. The van der Waals surface area contributed by atoms with Crippen molar-refractivity contribution < 1.29 is 17.9 Å². The van der Waals surface area contributed by atoms with E-state index in [4.69, 9.17) is 9.47 Å². The van der Waals surface area contributed by atoms with Crippen LogP contribution < -0.4 is 14.2 Å². The predicted molar refractivity (Wildman–Crippen MR) is 83.8 cm³/mol. The molecule has 0 saturated heterocycles. The second-order valence-electron chi connectivity index (χ2n) is 5.03. The molecule has 0 fully saturated rings. The van der Waals surface area contributed by atoms with Gasteiger partial charge in [0.15, 0.2) is 11.5 Å². The number of para-hydroxylation sites is 1. The van der Waals surface area contributed by atoms with E-state index in [1.165, 1.54) is 0 Å². The summed E-state index contributed by atoms with van der Waals surface area (Å²) in [7, 11) is -3.67. The summed E-state index contributed by atoms with van der Waals surface area (Å²) in [5, 5.41) is 0. The molecule has 0 atom stereocenters. The molecular weight excluding hydrogens is 302 g/mol. The van der Waals surface area contributed by atoms with E-state index in [1.54, 1.807) is 36.4 Å². The maximum Gasteiger partial charge on any atom is 0.262 e. The molecule has 0 unspecified atom stereocenters. The minimum absolute atomic E-state index is 0.122. The molecule has 22 heavy (non-hydrogen) atoms. The van der Waals surface area contributed by atoms with Crippen molar-refractivity contribution in [3.63, 3.8) is 0 Å². The van der Waals surface area contributed by atoms with Gasteiger partial charge in [-0.25, -0.2) is 8.42 Å². The van der Waals surface area contributed by atoms with E-state index in [-0.39, 0.29) is 11.7 Å². The van der Waals surface area contributed by atoms with E-state index in [0.717, 1.165) is 12.0 Å². The fourth-order valence-corrected chi connectivity index (χ4v) is 3.72. The Morgan fingerprint density at radius 3 is 2.45 bits per heavy atom. The maximum atomic E-state index is 12.7. The molecule has 6 heteroatoms. The Balaban J connectivity index is 2.02. The number of anilines is 1. The lowest BCUT2D eigenvalue weighted by atomic mass is 10.1. The normalized spacial score (nSPS) is 13.1. The maximum absolute atomic E-state index is 12.7. The first-order valence-electron chi connectivity index (χ1n) is 7.10. The minimum atomic E-state index is -3.67. The van der Waals surface area contributed by atoms with Crippen LogP contribution in [0.15, 0.2) is 47.4 Å². The molecule has 0 saturated carbocycles. The standard InChI is InChI=1S/C16H17NO4S/c1-2-6-12-9-14-15(21-11-20-14)10-16(12)22(18,19)17-13-7-4-3-5-8-13/h3-5,7-10,17H,2,6,11H2,1H3. The molecular formula is C16H17NO4S. The van der Waals surface area contributed by atoms with E-state index < -0.39 is 10.0 Å². The number of fused-ring (bicyclic) bond motifs is 1. The minimum Gasteiger partial charge on any atom is -0.454 e. The number of sulfonamides is 1. The highest BCUT2D eigenvalue weighted by Crippen LogP contribution is 2.37. The fraction of sp³-hybridized carbons (Fsp3) is 0.250. The smallest absolute Gasteiger partial charge is 0.262 e. The van der Waals surface area contributed by atoms with Crippen LogP contribution in [-0.2, 0) is 16.4 Å². The summed E-state index contributed by atoms with van der Waals surface area (Å²) in [6.07, 6.45) is 1.50. The summed E-state index contributed by atoms with van der Waals surface area (Å²) in [4.78, 5) is 0.238. The lowest BCUT2D eigenvalue weighted by molar-refractivity contribution is 0.174. The molecule has 3 rings (SSSR count). The molecule has 5 nitrogen and oxygen atoms in total. The number of hydrogen-bond donors (Lipinski definition) is 1. The van der Waals surface area contributed by atoms with Crippen LogP contribution in [0.4, 0.5) is 5.69 Å². The van der Waals surface area contributed by atoms with Gasteiger partial charge in [0.2, 0.25) is 6.79 Å². The summed E-state index contributed by atoms with van der Waals surface area (Å²) in [5.41, 5.74) is 1.26. The number of hydrogen-bond acceptors (Lipinski definition) is 4. The van der Waals surface area contributed by atoms with Crippen LogP contribution in [0, 0.1) is 0 Å². The third-order valence-electron chi connectivity index (χ3n) is 3.39. The zero-order valence-corrected chi connectivity index (χ0v) is 13.0. The molecule has 2 aromatic rings. The summed E-state index contributed by atoms with van der Waals surface area (Å²) in [6, 6.07) is 12.1. The Hall–Kier alpha value is -2.21. The van der Waals surface area contributed by atoms with Gasteiger partial charge in [-0.2, -0.15) is 0 Å². The summed E-state index contributed by atoms with van der Waals surface area (Å²) < 4.78 is 38.6. The van der Waals surface area contributed by atoms with Crippen LogP contribution in [-0.4, -0.2) is 15.2 Å². The molecule has 0 amide bonds. The third-order valence-corrected chi connectivity index (χ3v) is 4.85. The largest absolute Gasteiger partial charge is 0.454 e. The van der Waals surface area contributed by atoms with Crippen molar-refractivity contribution in [3.05, 3.63) is 48.0 Å². The molecule has 1 aliphatic heterocycles. The molecule has 116 valence electrons. The van der Waals surface area contributed by atoms with E-state index in [9.17, 15) is 8.42 Å². The second kappa shape index (κ2) is 5.88.